The van der Waals surface area contributed by atoms with E-state index in [-0.39, 0.29) is 56.4 Å². The fraction of sp³-hybridized carbons (Fsp3) is 0. The Morgan fingerprint density at radius 1 is 0.379 bits per heavy atom. The minimum Gasteiger partial charge on any atom is -0.490 e. The van der Waals surface area contributed by atoms with Crippen molar-refractivity contribution in [3.05, 3.63) is 91.0 Å². The summed E-state index contributed by atoms with van der Waals surface area (Å²) in [6.07, 6.45) is 0. The summed E-state index contributed by atoms with van der Waals surface area (Å²) in [6.45, 7) is 0. The fourth-order valence-corrected chi connectivity index (χ4v) is 1.90. The molecular formula is C18H33BN6O3Ru+3. The van der Waals surface area contributed by atoms with Crippen LogP contribution in [0.15, 0.2) is 91.0 Å². The van der Waals surface area contributed by atoms with Gasteiger partial charge in [-0.25, -0.2) is 0 Å². The molecule has 18 N–H and O–H groups in total. The summed E-state index contributed by atoms with van der Waals surface area (Å²) in [6, 6.07) is 28.3. The third-order valence-electron chi connectivity index (χ3n) is 2.93. The zero-order valence-electron chi connectivity index (χ0n) is 16.6. The van der Waals surface area contributed by atoms with E-state index in [0.29, 0.717) is 17.2 Å². The van der Waals surface area contributed by atoms with E-state index < -0.39 is 7.32 Å². The van der Waals surface area contributed by atoms with E-state index in [1.54, 1.807) is 0 Å². The van der Waals surface area contributed by atoms with Crippen LogP contribution >= 0.6 is 0 Å². The first kappa shape index (κ1) is 37.3. The van der Waals surface area contributed by atoms with Crippen LogP contribution in [-0.4, -0.2) is 7.32 Å². The molecule has 3 aromatic carbocycles. The molecule has 0 amide bonds. The minimum atomic E-state index is -0.868. The summed E-state index contributed by atoms with van der Waals surface area (Å²) in [5.41, 5.74) is 0. The van der Waals surface area contributed by atoms with Crippen LogP contribution in [0.4, 0.5) is 0 Å². The SMILES string of the molecule is N.N.N.N.N.N.[Ru+3].c1ccc(OB(Oc2ccccc2)Oc2ccccc2)cc1. The number of hydrogen-bond acceptors (Lipinski definition) is 9. The topological polar surface area (TPSA) is 238 Å². The molecule has 0 heterocycles. The Balaban J connectivity index is -0.000000274. The summed E-state index contributed by atoms with van der Waals surface area (Å²) >= 11 is 0. The van der Waals surface area contributed by atoms with Gasteiger partial charge in [0.25, 0.3) is 0 Å². The average Bonchev–Trinajstić information content (AvgIpc) is 2.57. The van der Waals surface area contributed by atoms with Gasteiger partial charge in [-0.15, -0.1) is 0 Å². The monoisotopic (exact) mass is 494 g/mol. The molecule has 0 aliphatic rings. The van der Waals surface area contributed by atoms with Crippen LogP contribution in [0.3, 0.4) is 0 Å². The predicted octanol–water partition coefficient (Wildman–Crippen LogP) is 5.18. The van der Waals surface area contributed by atoms with Gasteiger partial charge in [-0.1, -0.05) is 54.6 Å². The molecule has 0 saturated carbocycles. The molecule has 0 saturated heterocycles. The van der Waals surface area contributed by atoms with Crippen molar-refractivity contribution in [2.24, 2.45) is 0 Å². The summed E-state index contributed by atoms with van der Waals surface area (Å²) in [5, 5.41) is 0. The molecule has 29 heavy (non-hydrogen) atoms. The summed E-state index contributed by atoms with van der Waals surface area (Å²) in [7, 11) is -0.868. The van der Waals surface area contributed by atoms with Crippen molar-refractivity contribution in [3.63, 3.8) is 0 Å². The predicted molar refractivity (Wildman–Crippen MR) is 117 cm³/mol. The van der Waals surface area contributed by atoms with Gasteiger partial charge < -0.3 is 50.9 Å². The fourth-order valence-electron chi connectivity index (χ4n) is 1.90. The standard InChI is InChI=1S/C18H15BO3.6H3N.Ru/c1-4-10-16(11-5-1)20-19(21-17-12-6-2-7-13-17)22-18-14-8-3-9-15-18;;;;;;;/h1-15H;6*1H3;/q;;;;;;;+3. The van der Waals surface area contributed by atoms with Gasteiger partial charge in [-0.05, 0) is 36.4 Å². The van der Waals surface area contributed by atoms with E-state index in [9.17, 15) is 0 Å². The van der Waals surface area contributed by atoms with Gasteiger partial charge in [-0.3, -0.25) is 0 Å². The van der Waals surface area contributed by atoms with Crippen LogP contribution in [0, 0.1) is 0 Å². The molecule has 0 fully saturated rings. The van der Waals surface area contributed by atoms with Crippen molar-refractivity contribution in [1.29, 1.82) is 0 Å². The Morgan fingerprint density at radius 2 is 0.586 bits per heavy atom. The Labute approximate surface area is 186 Å². The number of benzene rings is 3. The van der Waals surface area contributed by atoms with E-state index in [0.717, 1.165) is 0 Å². The van der Waals surface area contributed by atoms with Gasteiger partial charge in [0.05, 0.1) is 0 Å². The Kier molecular flexibility index (Phi) is 26.0. The first-order valence-corrected chi connectivity index (χ1v) is 7.05. The van der Waals surface area contributed by atoms with E-state index in [4.69, 9.17) is 14.0 Å². The second kappa shape index (κ2) is 20.2. The normalized spacial score (nSPS) is 7.45. The van der Waals surface area contributed by atoms with Crippen LogP contribution in [0.1, 0.15) is 0 Å². The van der Waals surface area contributed by atoms with Crippen molar-refractivity contribution in [2.45, 2.75) is 0 Å². The first-order valence-electron chi connectivity index (χ1n) is 7.05. The molecule has 0 spiro atoms. The minimum absolute atomic E-state index is 0. The maximum atomic E-state index is 5.78. The second-order valence-electron chi connectivity index (χ2n) is 4.58. The zero-order valence-corrected chi connectivity index (χ0v) is 18.3. The van der Waals surface area contributed by atoms with Gasteiger partial charge >= 0.3 is 26.8 Å². The van der Waals surface area contributed by atoms with Crippen molar-refractivity contribution >= 4 is 7.32 Å². The van der Waals surface area contributed by atoms with Gasteiger partial charge in [0.1, 0.15) is 17.2 Å². The molecule has 161 valence electrons. The van der Waals surface area contributed by atoms with Gasteiger partial charge in [0.2, 0.25) is 0 Å². The zero-order chi connectivity index (χ0) is 15.0. The molecule has 11 heteroatoms. The van der Waals surface area contributed by atoms with Crippen molar-refractivity contribution in [1.82, 2.24) is 36.9 Å². The Bertz CT molecular complexity index is 603. The van der Waals surface area contributed by atoms with Crippen LogP contribution in [0.5, 0.6) is 17.2 Å². The molecule has 3 aromatic rings. The molecule has 9 nitrogen and oxygen atoms in total. The average molecular weight is 493 g/mol. The maximum Gasteiger partial charge on any atom is 3.00 e. The van der Waals surface area contributed by atoms with E-state index in [1.807, 2.05) is 91.0 Å². The smallest absolute Gasteiger partial charge is 0.490 e. The second-order valence-corrected chi connectivity index (χ2v) is 4.58. The Hall–Kier alpha value is -2.49. The van der Waals surface area contributed by atoms with Crippen LogP contribution < -0.4 is 50.9 Å². The molecule has 3 rings (SSSR count). The molecule has 0 unspecified atom stereocenters. The van der Waals surface area contributed by atoms with E-state index >= 15 is 0 Å². The molecule has 0 bridgehead atoms. The van der Waals surface area contributed by atoms with Gasteiger partial charge in [0.15, 0.2) is 0 Å². The van der Waals surface area contributed by atoms with Crippen molar-refractivity contribution in [2.75, 3.05) is 0 Å². The Morgan fingerprint density at radius 3 is 0.793 bits per heavy atom. The van der Waals surface area contributed by atoms with E-state index in [2.05, 4.69) is 0 Å². The quantitative estimate of drug-likeness (QED) is 0.248. The van der Waals surface area contributed by atoms with Crippen LogP contribution in [-0.2, 0) is 19.5 Å². The van der Waals surface area contributed by atoms with Gasteiger partial charge in [-0.2, -0.15) is 0 Å². The number of rotatable bonds is 6. The molecule has 0 aliphatic heterocycles. The largest absolute Gasteiger partial charge is 3.00 e. The number of hydrogen-bond donors (Lipinski definition) is 6. The molecular weight excluding hydrogens is 460 g/mol. The molecule has 0 atom stereocenters. The summed E-state index contributed by atoms with van der Waals surface area (Å²) in [5.74, 6) is 2.04. The molecule has 0 aliphatic carbocycles. The van der Waals surface area contributed by atoms with E-state index in [1.165, 1.54) is 0 Å². The maximum absolute atomic E-state index is 5.78. The van der Waals surface area contributed by atoms with Crippen LogP contribution in [0.2, 0.25) is 0 Å². The third-order valence-corrected chi connectivity index (χ3v) is 2.93. The number of para-hydroxylation sites is 3. The van der Waals surface area contributed by atoms with Crippen molar-refractivity contribution in [3.8, 4) is 17.2 Å². The van der Waals surface area contributed by atoms with Gasteiger partial charge in [0, 0.05) is 0 Å². The summed E-state index contributed by atoms with van der Waals surface area (Å²) < 4.78 is 17.3. The van der Waals surface area contributed by atoms with Crippen molar-refractivity contribution < 1.29 is 33.4 Å². The molecule has 0 aromatic heterocycles. The third kappa shape index (κ3) is 12.6. The molecule has 1 radical (unpaired) electrons. The summed E-state index contributed by atoms with van der Waals surface area (Å²) in [4.78, 5) is 0. The van der Waals surface area contributed by atoms with Crippen LogP contribution in [0.25, 0.3) is 0 Å². The first-order chi connectivity index (χ1) is 10.9.